The molecular formula is C25H25FN2O6S2. The van der Waals surface area contributed by atoms with Gasteiger partial charge in [-0.25, -0.2) is 21.2 Å². The number of nitrogens with zero attached hydrogens (tertiary/aromatic N) is 1. The number of rotatable bonds is 7. The van der Waals surface area contributed by atoms with Gasteiger partial charge in [-0.05, 0) is 67.4 Å². The molecule has 1 saturated heterocycles. The molecule has 190 valence electrons. The number of hydrogen-bond acceptors (Lipinski definition) is 6. The van der Waals surface area contributed by atoms with E-state index >= 15 is 0 Å². The van der Waals surface area contributed by atoms with Crippen molar-refractivity contribution in [2.24, 2.45) is 0 Å². The molecule has 36 heavy (non-hydrogen) atoms. The van der Waals surface area contributed by atoms with Crippen LogP contribution in [0.4, 0.5) is 10.1 Å². The molecule has 0 unspecified atom stereocenters. The number of sulfonamides is 1. The van der Waals surface area contributed by atoms with E-state index in [0.717, 1.165) is 12.1 Å². The topological polar surface area (TPSA) is 110 Å². The third-order valence-corrected chi connectivity index (χ3v) is 9.74. The Balaban J connectivity index is 1.43. The number of sulfone groups is 1. The van der Waals surface area contributed by atoms with Gasteiger partial charge in [0, 0.05) is 24.3 Å². The monoisotopic (exact) mass is 532 g/mol. The number of carbonyl (C=O) groups excluding carboxylic acids is 1. The molecule has 0 radical (unpaired) electrons. The molecule has 0 bridgehead atoms. The molecule has 1 aliphatic rings. The molecule has 0 aromatic heterocycles. The lowest BCUT2D eigenvalue weighted by Gasteiger charge is -2.32. The highest BCUT2D eigenvalue weighted by Gasteiger charge is 2.33. The van der Waals surface area contributed by atoms with Gasteiger partial charge in [-0.1, -0.05) is 18.2 Å². The quantitative estimate of drug-likeness (QED) is 0.497. The van der Waals surface area contributed by atoms with E-state index in [4.69, 9.17) is 4.74 Å². The van der Waals surface area contributed by atoms with Crippen LogP contribution in [0.25, 0.3) is 0 Å². The van der Waals surface area contributed by atoms with Crippen molar-refractivity contribution < 1.29 is 30.8 Å². The summed E-state index contributed by atoms with van der Waals surface area (Å²) in [5.74, 6) is -0.667. The summed E-state index contributed by atoms with van der Waals surface area (Å²) in [7, 11) is -6.24. The Hall–Kier alpha value is -3.44. The van der Waals surface area contributed by atoms with Gasteiger partial charge in [-0.3, -0.25) is 9.52 Å². The van der Waals surface area contributed by atoms with Gasteiger partial charge in [0.1, 0.15) is 16.5 Å². The average molecular weight is 533 g/mol. The smallest absolute Gasteiger partial charge is 0.264 e. The van der Waals surface area contributed by atoms with Crippen LogP contribution in [0.5, 0.6) is 5.75 Å². The second-order valence-electron chi connectivity index (χ2n) is 8.33. The van der Waals surface area contributed by atoms with Gasteiger partial charge in [0.15, 0.2) is 9.84 Å². The van der Waals surface area contributed by atoms with E-state index in [2.05, 4.69) is 4.72 Å². The molecule has 11 heteroatoms. The average Bonchev–Trinajstić information content (AvgIpc) is 2.88. The summed E-state index contributed by atoms with van der Waals surface area (Å²) in [4.78, 5) is 14.3. The molecule has 4 rings (SSSR count). The van der Waals surface area contributed by atoms with Crippen molar-refractivity contribution in [1.29, 1.82) is 0 Å². The van der Waals surface area contributed by atoms with Crippen LogP contribution in [-0.4, -0.2) is 53.1 Å². The first kappa shape index (κ1) is 25.6. The van der Waals surface area contributed by atoms with Gasteiger partial charge < -0.3 is 9.64 Å². The van der Waals surface area contributed by atoms with Crippen molar-refractivity contribution >= 4 is 31.5 Å². The van der Waals surface area contributed by atoms with Crippen molar-refractivity contribution in [3.05, 3.63) is 84.2 Å². The molecule has 1 N–H and O–H groups in total. The zero-order valence-corrected chi connectivity index (χ0v) is 21.1. The summed E-state index contributed by atoms with van der Waals surface area (Å²) < 4.78 is 72.5. The minimum atomic E-state index is -4.19. The Morgan fingerprint density at radius 3 is 2.25 bits per heavy atom. The van der Waals surface area contributed by atoms with Gasteiger partial charge >= 0.3 is 0 Å². The number of methoxy groups -OCH3 is 1. The number of piperidine rings is 1. The van der Waals surface area contributed by atoms with E-state index in [0.29, 0.717) is 5.75 Å². The fraction of sp³-hybridized carbons (Fsp3) is 0.240. The fourth-order valence-corrected chi connectivity index (χ4v) is 6.96. The minimum Gasteiger partial charge on any atom is -0.497 e. The maximum Gasteiger partial charge on any atom is 0.264 e. The molecule has 3 aromatic carbocycles. The van der Waals surface area contributed by atoms with Crippen LogP contribution in [0.15, 0.2) is 82.6 Å². The zero-order chi connectivity index (χ0) is 25.9. The zero-order valence-electron chi connectivity index (χ0n) is 19.4. The molecule has 1 fully saturated rings. The Morgan fingerprint density at radius 2 is 1.61 bits per heavy atom. The van der Waals surface area contributed by atoms with E-state index in [1.54, 1.807) is 23.1 Å². The van der Waals surface area contributed by atoms with Crippen LogP contribution in [-0.2, 0) is 19.9 Å². The molecular weight excluding hydrogens is 507 g/mol. The van der Waals surface area contributed by atoms with Crippen molar-refractivity contribution in [3.63, 3.8) is 0 Å². The van der Waals surface area contributed by atoms with Crippen LogP contribution < -0.4 is 9.46 Å². The first-order valence-electron chi connectivity index (χ1n) is 11.2. The second kappa shape index (κ2) is 10.3. The number of hydrogen-bond donors (Lipinski definition) is 1. The normalized spacial score (nSPS) is 14.9. The maximum atomic E-state index is 14.0. The van der Waals surface area contributed by atoms with Crippen LogP contribution in [0.2, 0.25) is 0 Å². The summed E-state index contributed by atoms with van der Waals surface area (Å²) in [6, 6.07) is 17.1. The third kappa shape index (κ3) is 5.36. The number of likely N-dealkylation sites (tertiary alicyclic amines) is 1. The highest BCUT2D eigenvalue weighted by Crippen LogP contribution is 2.27. The van der Waals surface area contributed by atoms with E-state index < -0.39 is 35.8 Å². The molecule has 0 saturated carbocycles. The predicted molar refractivity (Wildman–Crippen MR) is 133 cm³/mol. The van der Waals surface area contributed by atoms with Gasteiger partial charge in [0.25, 0.3) is 15.9 Å². The number of nitrogens with one attached hydrogen (secondary N) is 1. The third-order valence-electron chi connectivity index (χ3n) is 6.04. The lowest BCUT2D eigenvalue weighted by atomic mass is 10.1. The predicted octanol–water partition coefficient (Wildman–Crippen LogP) is 3.71. The minimum absolute atomic E-state index is 0.112. The summed E-state index contributed by atoms with van der Waals surface area (Å²) in [6.07, 6.45) is 0.555. The molecule has 0 spiro atoms. The Labute approximate surface area is 209 Å². The van der Waals surface area contributed by atoms with Gasteiger partial charge in [-0.15, -0.1) is 0 Å². The highest BCUT2D eigenvalue weighted by atomic mass is 32.2. The van der Waals surface area contributed by atoms with E-state index in [1.165, 1.54) is 49.6 Å². The maximum absolute atomic E-state index is 14.0. The number of benzene rings is 3. The Morgan fingerprint density at radius 1 is 0.944 bits per heavy atom. The first-order chi connectivity index (χ1) is 17.1. The fourth-order valence-electron chi connectivity index (χ4n) is 4.10. The Kier molecular flexibility index (Phi) is 7.32. The number of ether oxygens (including phenoxy) is 1. The summed E-state index contributed by atoms with van der Waals surface area (Å²) >= 11 is 0. The molecule has 8 nitrogen and oxygen atoms in total. The molecule has 0 atom stereocenters. The molecule has 1 heterocycles. The van der Waals surface area contributed by atoms with Crippen molar-refractivity contribution in [2.75, 3.05) is 24.9 Å². The summed E-state index contributed by atoms with van der Waals surface area (Å²) in [5.41, 5.74) is 0.348. The van der Waals surface area contributed by atoms with Crippen LogP contribution in [0, 0.1) is 5.82 Å². The van der Waals surface area contributed by atoms with E-state index in [-0.39, 0.29) is 48.0 Å². The SMILES string of the molecule is COc1ccc(S(=O)(=O)C2CCN(C(=O)c3cccc(NS(=O)(=O)c4ccccc4F)c3)CC2)cc1. The van der Waals surface area contributed by atoms with Crippen LogP contribution >= 0.6 is 0 Å². The van der Waals surface area contributed by atoms with Crippen molar-refractivity contribution in [2.45, 2.75) is 27.9 Å². The molecule has 1 amide bonds. The van der Waals surface area contributed by atoms with Gasteiger partial charge in [-0.2, -0.15) is 0 Å². The number of amides is 1. The number of carbonyl (C=O) groups is 1. The first-order valence-corrected chi connectivity index (χ1v) is 14.2. The molecule has 3 aromatic rings. The van der Waals surface area contributed by atoms with Crippen molar-refractivity contribution in [3.8, 4) is 5.75 Å². The largest absolute Gasteiger partial charge is 0.497 e. The lowest BCUT2D eigenvalue weighted by Crippen LogP contribution is -2.42. The van der Waals surface area contributed by atoms with Crippen LogP contribution in [0.1, 0.15) is 23.2 Å². The standard InChI is InChI=1S/C25H25FN2O6S2/c1-34-20-9-11-21(12-10-20)35(30,31)22-13-15-28(16-14-22)25(29)18-5-4-6-19(17-18)27-36(32,33)24-8-3-2-7-23(24)26/h2-12,17,22,27H,13-16H2,1H3. The van der Waals surface area contributed by atoms with E-state index in [9.17, 15) is 26.0 Å². The number of anilines is 1. The Bertz CT molecular complexity index is 1470. The number of halogens is 1. The molecule has 1 aliphatic heterocycles. The van der Waals surface area contributed by atoms with Gasteiger partial charge in [0.05, 0.1) is 17.3 Å². The van der Waals surface area contributed by atoms with Crippen molar-refractivity contribution in [1.82, 2.24) is 4.90 Å². The highest BCUT2D eigenvalue weighted by molar-refractivity contribution is 7.92. The van der Waals surface area contributed by atoms with E-state index in [1.807, 2.05) is 0 Å². The summed E-state index contributed by atoms with van der Waals surface area (Å²) in [5, 5.41) is -0.617. The molecule has 0 aliphatic carbocycles. The summed E-state index contributed by atoms with van der Waals surface area (Å²) in [6.45, 7) is 0.480. The lowest BCUT2D eigenvalue weighted by molar-refractivity contribution is 0.0725. The second-order valence-corrected chi connectivity index (χ2v) is 12.2. The van der Waals surface area contributed by atoms with Crippen LogP contribution in [0.3, 0.4) is 0 Å². The van der Waals surface area contributed by atoms with Gasteiger partial charge in [0.2, 0.25) is 0 Å².